The van der Waals surface area contributed by atoms with Crippen LogP contribution in [0.5, 0.6) is 0 Å². The summed E-state index contributed by atoms with van der Waals surface area (Å²) in [5.41, 5.74) is 1.69. The van der Waals surface area contributed by atoms with Crippen molar-refractivity contribution in [3.63, 3.8) is 0 Å². The molecule has 100 valence electrons. The number of ether oxygens (including phenoxy) is 1. The smallest absolute Gasteiger partial charge is 0.337 e. The van der Waals surface area contributed by atoms with Gasteiger partial charge in [0.05, 0.1) is 18.4 Å². The highest BCUT2D eigenvalue weighted by Gasteiger charge is 2.12. The van der Waals surface area contributed by atoms with E-state index in [0.717, 1.165) is 5.56 Å². The lowest BCUT2D eigenvalue weighted by Gasteiger charge is -2.15. The van der Waals surface area contributed by atoms with E-state index in [1.165, 1.54) is 25.3 Å². The van der Waals surface area contributed by atoms with Crippen LogP contribution in [0.1, 0.15) is 28.9 Å². The van der Waals surface area contributed by atoms with Crippen molar-refractivity contribution in [3.05, 3.63) is 52.0 Å². The van der Waals surface area contributed by atoms with E-state index in [1.54, 1.807) is 11.3 Å². The van der Waals surface area contributed by atoms with Crippen LogP contribution in [-0.2, 0) is 4.74 Å². The van der Waals surface area contributed by atoms with Gasteiger partial charge in [-0.3, -0.25) is 0 Å². The molecule has 0 aliphatic carbocycles. The number of hydrogen-bond acceptors (Lipinski definition) is 4. The molecule has 0 spiro atoms. The number of anilines is 1. The van der Waals surface area contributed by atoms with Gasteiger partial charge in [-0.15, -0.1) is 0 Å². The lowest BCUT2D eigenvalue weighted by Crippen LogP contribution is -2.09. The molecule has 19 heavy (non-hydrogen) atoms. The number of methoxy groups -OCH3 is 1. The van der Waals surface area contributed by atoms with Gasteiger partial charge in [-0.2, -0.15) is 11.3 Å². The third-order valence-electron chi connectivity index (χ3n) is 2.80. The summed E-state index contributed by atoms with van der Waals surface area (Å²) >= 11 is 1.59. The van der Waals surface area contributed by atoms with Crippen molar-refractivity contribution in [2.75, 3.05) is 12.4 Å². The van der Waals surface area contributed by atoms with E-state index in [-0.39, 0.29) is 6.04 Å². The molecule has 0 amide bonds. The molecule has 1 atom stereocenters. The summed E-state index contributed by atoms with van der Waals surface area (Å²) < 4.78 is 18.3. The maximum Gasteiger partial charge on any atom is 0.337 e. The molecule has 0 saturated heterocycles. The second-order valence-corrected chi connectivity index (χ2v) is 4.89. The summed E-state index contributed by atoms with van der Waals surface area (Å²) in [7, 11) is 1.30. The normalized spacial score (nSPS) is 11.9. The van der Waals surface area contributed by atoms with E-state index in [2.05, 4.69) is 10.1 Å². The molecule has 1 aromatic heterocycles. The fourth-order valence-corrected chi connectivity index (χ4v) is 2.47. The standard InChI is InChI=1S/C14H14FNO2S/c1-9(11-5-6-19-8-11)16-13-7-10(14(17)18-2)3-4-12(13)15/h3-9,16H,1-2H3. The van der Waals surface area contributed by atoms with Crippen LogP contribution < -0.4 is 5.32 Å². The Labute approximate surface area is 115 Å². The Morgan fingerprint density at radius 2 is 2.21 bits per heavy atom. The average molecular weight is 279 g/mol. The number of halogens is 1. The number of benzene rings is 1. The van der Waals surface area contributed by atoms with Gasteiger partial charge in [0.1, 0.15) is 5.82 Å². The molecule has 3 nitrogen and oxygen atoms in total. The van der Waals surface area contributed by atoms with Gasteiger partial charge in [0, 0.05) is 6.04 Å². The van der Waals surface area contributed by atoms with Gasteiger partial charge in [-0.25, -0.2) is 9.18 Å². The fraction of sp³-hybridized carbons (Fsp3) is 0.214. The van der Waals surface area contributed by atoms with E-state index in [9.17, 15) is 9.18 Å². The second kappa shape index (κ2) is 5.84. The predicted molar refractivity (Wildman–Crippen MR) is 74.1 cm³/mol. The molecule has 1 N–H and O–H groups in total. The van der Waals surface area contributed by atoms with Crippen LogP contribution in [0.25, 0.3) is 0 Å². The lowest BCUT2D eigenvalue weighted by molar-refractivity contribution is 0.0600. The summed E-state index contributed by atoms with van der Waals surface area (Å²) in [5, 5.41) is 7.02. The minimum atomic E-state index is -0.480. The minimum Gasteiger partial charge on any atom is -0.465 e. The van der Waals surface area contributed by atoms with Gasteiger partial charge >= 0.3 is 5.97 Å². The first-order valence-electron chi connectivity index (χ1n) is 5.78. The van der Waals surface area contributed by atoms with Gasteiger partial charge in [0.15, 0.2) is 0 Å². The average Bonchev–Trinajstić information content (AvgIpc) is 2.94. The third-order valence-corrected chi connectivity index (χ3v) is 3.50. The number of carbonyl (C=O) groups is 1. The van der Waals surface area contributed by atoms with Crippen molar-refractivity contribution >= 4 is 23.0 Å². The van der Waals surface area contributed by atoms with Gasteiger partial charge < -0.3 is 10.1 Å². The summed E-state index contributed by atoms with van der Waals surface area (Å²) in [6.07, 6.45) is 0. The van der Waals surface area contributed by atoms with Crippen molar-refractivity contribution < 1.29 is 13.9 Å². The molecule has 1 aromatic carbocycles. The first-order valence-corrected chi connectivity index (χ1v) is 6.72. The van der Waals surface area contributed by atoms with E-state index in [4.69, 9.17) is 0 Å². The minimum absolute atomic E-state index is 0.0337. The van der Waals surface area contributed by atoms with Crippen LogP contribution in [0.3, 0.4) is 0 Å². The van der Waals surface area contributed by atoms with Crippen LogP contribution in [0.15, 0.2) is 35.0 Å². The Kier molecular flexibility index (Phi) is 4.16. The summed E-state index contributed by atoms with van der Waals surface area (Å²) in [6.45, 7) is 1.94. The van der Waals surface area contributed by atoms with Crippen molar-refractivity contribution in [2.45, 2.75) is 13.0 Å². The molecule has 0 aliphatic heterocycles. The lowest BCUT2D eigenvalue weighted by atomic mass is 10.1. The highest BCUT2D eigenvalue weighted by atomic mass is 32.1. The quantitative estimate of drug-likeness (QED) is 0.864. The van der Waals surface area contributed by atoms with Crippen LogP contribution in [0, 0.1) is 5.82 Å². The first-order chi connectivity index (χ1) is 9.11. The molecule has 0 radical (unpaired) electrons. The number of esters is 1. The number of rotatable bonds is 4. The molecular weight excluding hydrogens is 265 g/mol. The van der Waals surface area contributed by atoms with Gasteiger partial charge in [-0.1, -0.05) is 0 Å². The molecule has 0 bridgehead atoms. The fourth-order valence-electron chi connectivity index (χ4n) is 1.72. The number of thiophene rings is 1. The molecule has 2 rings (SSSR count). The number of hydrogen-bond donors (Lipinski definition) is 1. The van der Waals surface area contributed by atoms with E-state index >= 15 is 0 Å². The van der Waals surface area contributed by atoms with Gasteiger partial charge in [0.25, 0.3) is 0 Å². The highest BCUT2D eigenvalue weighted by molar-refractivity contribution is 7.07. The van der Waals surface area contributed by atoms with Crippen molar-refractivity contribution in [3.8, 4) is 0 Å². The number of nitrogens with one attached hydrogen (secondary N) is 1. The largest absolute Gasteiger partial charge is 0.465 e. The zero-order valence-corrected chi connectivity index (χ0v) is 11.5. The summed E-state index contributed by atoms with van der Waals surface area (Å²) in [4.78, 5) is 11.4. The molecule has 0 fully saturated rings. The number of carbonyl (C=O) groups excluding carboxylic acids is 1. The van der Waals surface area contributed by atoms with Crippen molar-refractivity contribution in [1.29, 1.82) is 0 Å². The maximum atomic E-state index is 13.7. The molecule has 0 saturated carbocycles. The molecular formula is C14H14FNO2S. The monoisotopic (exact) mass is 279 g/mol. The summed E-state index contributed by atoms with van der Waals surface area (Å²) in [5.74, 6) is -0.874. The Bertz CT molecular complexity index is 569. The Balaban J connectivity index is 2.22. The maximum absolute atomic E-state index is 13.7. The predicted octanol–water partition coefficient (Wildman–Crippen LogP) is 3.85. The van der Waals surface area contributed by atoms with E-state index < -0.39 is 11.8 Å². The SMILES string of the molecule is COC(=O)c1ccc(F)c(NC(C)c2ccsc2)c1. The molecule has 1 heterocycles. The van der Waals surface area contributed by atoms with Crippen LogP contribution in [0.4, 0.5) is 10.1 Å². The molecule has 0 aliphatic rings. The Morgan fingerprint density at radius 3 is 2.84 bits per heavy atom. The van der Waals surface area contributed by atoms with E-state index in [1.807, 2.05) is 23.8 Å². The second-order valence-electron chi connectivity index (χ2n) is 4.11. The van der Waals surface area contributed by atoms with Crippen molar-refractivity contribution in [2.24, 2.45) is 0 Å². The van der Waals surface area contributed by atoms with Crippen molar-refractivity contribution in [1.82, 2.24) is 0 Å². The van der Waals surface area contributed by atoms with Crippen LogP contribution >= 0.6 is 11.3 Å². The zero-order chi connectivity index (χ0) is 13.8. The third kappa shape index (κ3) is 3.12. The summed E-state index contributed by atoms with van der Waals surface area (Å²) in [6, 6.07) is 6.07. The molecule has 5 heteroatoms. The molecule has 2 aromatic rings. The topological polar surface area (TPSA) is 38.3 Å². The zero-order valence-electron chi connectivity index (χ0n) is 10.6. The van der Waals surface area contributed by atoms with Gasteiger partial charge in [0.2, 0.25) is 0 Å². The molecule has 1 unspecified atom stereocenters. The Hall–Kier alpha value is -1.88. The van der Waals surface area contributed by atoms with Gasteiger partial charge in [-0.05, 0) is 47.5 Å². The first kappa shape index (κ1) is 13.5. The highest BCUT2D eigenvalue weighted by Crippen LogP contribution is 2.24. The van der Waals surface area contributed by atoms with Crippen LogP contribution in [-0.4, -0.2) is 13.1 Å². The van der Waals surface area contributed by atoms with Crippen LogP contribution in [0.2, 0.25) is 0 Å². The van der Waals surface area contributed by atoms with E-state index in [0.29, 0.717) is 11.3 Å². The Morgan fingerprint density at radius 1 is 1.42 bits per heavy atom.